The summed E-state index contributed by atoms with van der Waals surface area (Å²) in [4.78, 5) is 28.6. The minimum Gasteiger partial charge on any atom is -0.334 e. The molecule has 0 aliphatic carbocycles. The molecule has 0 bridgehead atoms. The van der Waals surface area contributed by atoms with Gasteiger partial charge < -0.3 is 9.80 Å². The van der Waals surface area contributed by atoms with Crippen molar-refractivity contribution in [3.8, 4) is 0 Å². The van der Waals surface area contributed by atoms with Gasteiger partial charge in [-0.3, -0.25) is 9.59 Å². The molecule has 1 aromatic rings. The largest absolute Gasteiger partial charge is 0.334 e. The lowest BCUT2D eigenvalue weighted by Gasteiger charge is -2.31. The summed E-state index contributed by atoms with van der Waals surface area (Å²) < 4.78 is 0. The molecule has 4 heteroatoms. The summed E-state index contributed by atoms with van der Waals surface area (Å²) in [6, 6.07) is 10.2. The third-order valence-corrected chi connectivity index (χ3v) is 4.64. The van der Waals surface area contributed by atoms with Crippen LogP contribution in [-0.4, -0.2) is 40.7 Å². The zero-order valence-corrected chi connectivity index (χ0v) is 14.3. The zero-order chi connectivity index (χ0) is 16.7. The average molecular weight is 316 g/mol. The topological polar surface area (TPSA) is 40.6 Å². The van der Waals surface area contributed by atoms with Crippen LogP contribution in [0.4, 0.5) is 0 Å². The Hall–Kier alpha value is -1.84. The zero-order valence-electron chi connectivity index (χ0n) is 14.3. The summed E-state index contributed by atoms with van der Waals surface area (Å²) in [6.07, 6.45) is 4.51. The Bertz CT molecular complexity index is 515. The Kier molecular flexibility index (Phi) is 6.63. The molecule has 1 saturated heterocycles. The van der Waals surface area contributed by atoms with Crippen molar-refractivity contribution >= 4 is 11.8 Å². The van der Waals surface area contributed by atoms with Crippen LogP contribution in [0.5, 0.6) is 0 Å². The van der Waals surface area contributed by atoms with Gasteiger partial charge in [0.05, 0.1) is 6.54 Å². The van der Waals surface area contributed by atoms with Crippen molar-refractivity contribution in [3.05, 3.63) is 35.9 Å². The second kappa shape index (κ2) is 8.70. The third-order valence-electron chi connectivity index (χ3n) is 4.64. The first-order valence-corrected chi connectivity index (χ1v) is 8.73. The van der Waals surface area contributed by atoms with Crippen molar-refractivity contribution in [2.75, 3.05) is 13.1 Å². The molecule has 0 saturated carbocycles. The van der Waals surface area contributed by atoms with Crippen molar-refractivity contribution in [3.63, 3.8) is 0 Å². The second-order valence-corrected chi connectivity index (χ2v) is 6.39. The van der Waals surface area contributed by atoms with Crippen molar-refractivity contribution in [2.45, 2.75) is 58.5 Å². The molecule has 1 aliphatic heterocycles. The summed E-state index contributed by atoms with van der Waals surface area (Å²) in [6.45, 7) is 5.70. The molecule has 0 aromatic heterocycles. The van der Waals surface area contributed by atoms with Crippen molar-refractivity contribution < 1.29 is 9.59 Å². The summed E-state index contributed by atoms with van der Waals surface area (Å²) >= 11 is 0. The number of benzene rings is 1. The molecule has 1 fully saturated rings. The molecule has 126 valence electrons. The number of rotatable bonds is 6. The highest BCUT2D eigenvalue weighted by Gasteiger charge is 2.24. The molecular weight excluding hydrogens is 288 g/mol. The van der Waals surface area contributed by atoms with Gasteiger partial charge in [0.2, 0.25) is 11.8 Å². The van der Waals surface area contributed by atoms with Gasteiger partial charge in [-0.05, 0) is 31.7 Å². The molecule has 2 rings (SSSR count). The predicted molar refractivity (Wildman–Crippen MR) is 91.8 cm³/mol. The molecular formula is C19H28N2O2. The smallest absolute Gasteiger partial charge is 0.242 e. The monoisotopic (exact) mass is 316 g/mol. The fourth-order valence-corrected chi connectivity index (χ4v) is 2.95. The van der Waals surface area contributed by atoms with Crippen LogP contribution < -0.4 is 0 Å². The van der Waals surface area contributed by atoms with Crippen LogP contribution in [0.15, 0.2) is 30.3 Å². The van der Waals surface area contributed by atoms with Gasteiger partial charge >= 0.3 is 0 Å². The van der Waals surface area contributed by atoms with E-state index >= 15 is 0 Å². The first-order valence-electron chi connectivity index (χ1n) is 8.73. The average Bonchev–Trinajstić information content (AvgIpc) is 2.77. The van der Waals surface area contributed by atoms with Gasteiger partial charge in [-0.15, -0.1) is 0 Å². The number of carbonyl (C=O) groups is 2. The maximum absolute atomic E-state index is 12.8. The van der Waals surface area contributed by atoms with Crippen LogP contribution in [0, 0.1) is 0 Å². The van der Waals surface area contributed by atoms with Gasteiger partial charge in [0, 0.05) is 25.6 Å². The molecule has 1 unspecified atom stereocenters. The van der Waals surface area contributed by atoms with E-state index in [1.54, 1.807) is 4.90 Å². The molecule has 2 amide bonds. The van der Waals surface area contributed by atoms with Gasteiger partial charge in [0.15, 0.2) is 0 Å². The van der Waals surface area contributed by atoms with Crippen LogP contribution in [0.3, 0.4) is 0 Å². The van der Waals surface area contributed by atoms with E-state index in [0.717, 1.165) is 31.2 Å². The number of amides is 2. The van der Waals surface area contributed by atoms with Gasteiger partial charge in [-0.1, -0.05) is 43.7 Å². The minimum absolute atomic E-state index is 0.0541. The third kappa shape index (κ3) is 5.08. The number of nitrogens with zero attached hydrogens (tertiary/aromatic N) is 2. The molecule has 1 aromatic carbocycles. The number of hydrogen-bond donors (Lipinski definition) is 0. The Morgan fingerprint density at radius 1 is 1.22 bits per heavy atom. The number of hydrogen-bond acceptors (Lipinski definition) is 2. The molecule has 4 nitrogen and oxygen atoms in total. The highest BCUT2D eigenvalue weighted by Crippen LogP contribution is 2.14. The Labute approximate surface area is 139 Å². The van der Waals surface area contributed by atoms with Gasteiger partial charge in [-0.25, -0.2) is 0 Å². The van der Waals surface area contributed by atoms with E-state index in [1.165, 1.54) is 0 Å². The maximum atomic E-state index is 12.8. The maximum Gasteiger partial charge on any atom is 0.242 e. The Balaban J connectivity index is 2.05. The van der Waals surface area contributed by atoms with Crippen molar-refractivity contribution in [1.82, 2.24) is 9.80 Å². The quantitative estimate of drug-likeness (QED) is 0.808. The van der Waals surface area contributed by atoms with Crippen molar-refractivity contribution in [1.29, 1.82) is 0 Å². The summed E-state index contributed by atoms with van der Waals surface area (Å²) in [5.41, 5.74) is 1.13. The highest BCUT2D eigenvalue weighted by molar-refractivity contribution is 5.85. The fraction of sp³-hybridized carbons (Fsp3) is 0.579. The summed E-state index contributed by atoms with van der Waals surface area (Å²) in [5.74, 6) is 0.179. The molecule has 0 spiro atoms. The van der Waals surface area contributed by atoms with Crippen LogP contribution in [0.1, 0.15) is 51.5 Å². The minimum atomic E-state index is 0.0541. The van der Waals surface area contributed by atoms with Gasteiger partial charge in [0.25, 0.3) is 0 Å². The molecule has 1 aliphatic rings. The first-order chi connectivity index (χ1) is 11.1. The van der Waals surface area contributed by atoms with E-state index in [4.69, 9.17) is 0 Å². The molecule has 0 radical (unpaired) electrons. The second-order valence-electron chi connectivity index (χ2n) is 6.39. The predicted octanol–water partition coefficient (Wildman–Crippen LogP) is 3.22. The number of likely N-dealkylation sites (tertiary alicyclic amines) is 1. The van der Waals surface area contributed by atoms with E-state index in [2.05, 4.69) is 13.8 Å². The molecule has 1 atom stereocenters. The Morgan fingerprint density at radius 3 is 2.65 bits per heavy atom. The van der Waals surface area contributed by atoms with E-state index < -0.39 is 0 Å². The van der Waals surface area contributed by atoms with E-state index in [0.29, 0.717) is 19.5 Å². The van der Waals surface area contributed by atoms with Crippen LogP contribution in [-0.2, 0) is 16.1 Å². The van der Waals surface area contributed by atoms with Crippen LogP contribution in [0.25, 0.3) is 0 Å². The molecule has 1 heterocycles. The van der Waals surface area contributed by atoms with Gasteiger partial charge in [-0.2, -0.15) is 0 Å². The molecule has 23 heavy (non-hydrogen) atoms. The fourth-order valence-electron chi connectivity index (χ4n) is 2.95. The van der Waals surface area contributed by atoms with E-state index in [-0.39, 0.29) is 24.4 Å². The Morgan fingerprint density at radius 2 is 1.96 bits per heavy atom. The summed E-state index contributed by atoms with van der Waals surface area (Å²) in [7, 11) is 0. The van der Waals surface area contributed by atoms with Crippen LogP contribution >= 0.6 is 0 Å². The lowest BCUT2D eigenvalue weighted by atomic mass is 10.1. The lowest BCUT2D eigenvalue weighted by Crippen LogP contribution is -2.45. The van der Waals surface area contributed by atoms with Crippen LogP contribution in [0.2, 0.25) is 0 Å². The molecule has 0 N–H and O–H groups in total. The van der Waals surface area contributed by atoms with E-state index in [1.807, 2.05) is 35.2 Å². The standard InChI is InChI=1S/C19H28N2O2/c1-3-16(2)21(14-17-10-6-4-7-11-17)19(23)15-20-13-9-5-8-12-18(20)22/h4,6-7,10-11,16H,3,5,8-9,12-15H2,1-2H3. The van der Waals surface area contributed by atoms with Crippen molar-refractivity contribution in [2.24, 2.45) is 0 Å². The normalized spacial score (nSPS) is 16.8. The number of carbonyl (C=O) groups excluding carboxylic acids is 2. The SMILES string of the molecule is CCC(C)N(Cc1ccccc1)C(=O)CN1CCCCCC1=O. The van der Waals surface area contributed by atoms with Gasteiger partial charge in [0.1, 0.15) is 0 Å². The summed E-state index contributed by atoms with van der Waals surface area (Å²) in [5, 5.41) is 0. The lowest BCUT2D eigenvalue weighted by molar-refractivity contribution is -0.141. The first kappa shape index (κ1) is 17.5. The van der Waals surface area contributed by atoms with E-state index in [9.17, 15) is 9.59 Å². The highest BCUT2D eigenvalue weighted by atomic mass is 16.2.